The van der Waals surface area contributed by atoms with Crippen molar-refractivity contribution in [3.05, 3.63) is 57.1 Å². The van der Waals surface area contributed by atoms with E-state index < -0.39 is 14.9 Å². The number of methoxy groups -OCH3 is 2. The summed E-state index contributed by atoms with van der Waals surface area (Å²) in [6, 6.07) is 7.61. The zero-order chi connectivity index (χ0) is 21.3. The van der Waals surface area contributed by atoms with Crippen LogP contribution in [0.2, 0.25) is 0 Å². The summed E-state index contributed by atoms with van der Waals surface area (Å²) in [6.07, 6.45) is 1.50. The average molecular weight is 420 g/mol. The number of hydrogen-bond donors (Lipinski definition) is 0. The molecule has 8 nitrogen and oxygen atoms in total. The van der Waals surface area contributed by atoms with Gasteiger partial charge in [0.1, 0.15) is 11.5 Å². The largest absolute Gasteiger partial charge is 0.497 e. The van der Waals surface area contributed by atoms with Gasteiger partial charge in [-0.2, -0.15) is 4.31 Å². The highest BCUT2D eigenvalue weighted by Crippen LogP contribution is 2.37. The van der Waals surface area contributed by atoms with Gasteiger partial charge in [-0.15, -0.1) is 0 Å². The molecule has 0 radical (unpaired) electrons. The molecule has 0 unspecified atom stereocenters. The average Bonchev–Trinajstić information content (AvgIpc) is 3.52. The van der Waals surface area contributed by atoms with Crippen molar-refractivity contribution in [2.75, 3.05) is 14.2 Å². The highest BCUT2D eigenvalue weighted by atomic mass is 32.2. The summed E-state index contributed by atoms with van der Waals surface area (Å²) in [5.74, 6) is 1.15. The van der Waals surface area contributed by atoms with Gasteiger partial charge < -0.3 is 9.47 Å². The van der Waals surface area contributed by atoms with Gasteiger partial charge >= 0.3 is 0 Å². The van der Waals surface area contributed by atoms with Crippen LogP contribution in [-0.2, 0) is 16.6 Å². The number of non-ortho nitro benzene ring substituents is 1. The summed E-state index contributed by atoms with van der Waals surface area (Å²) in [5, 5.41) is 11.3. The van der Waals surface area contributed by atoms with Crippen molar-refractivity contribution in [2.45, 2.75) is 44.2 Å². The predicted molar refractivity (Wildman–Crippen MR) is 108 cm³/mol. The molecule has 2 aromatic rings. The van der Waals surface area contributed by atoms with Gasteiger partial charge in [-0.3, -0.25) is 10.1 Å². The summed E-state index contributed by atoms with van der Waals surface area (Å²) in [7, 11) is -0.896. The van der Waals surface area contributed by atoms with Gasteiger partial charge in [-0.25, -0.2) is 8.42 Å². The lowest BCUT2D eigenvalue weighted by Crippen LogP contribution is -2.33. The summed E-state index contributed by atoms with van der Waals surface area (Å²) in [6.45, 7) is 3.44. The molecule has 1 aliphatic rings. The van der Waals surface area contributed by atoms with Crippen molar-refractivity contribution < 1.29 is 22.8 Å². The van der Waals surface area contributed by atoms with Gasteiger partial charge in [0.2, 0.25) is 10.0 Å². The van der Waals surface area contributed by atoms with Crippen LogP contribution in [0.15, 0.2) is 35.2 Å². The minimum atomic E-state index is -3.96. The van der Waals surface area contributed by atoms with Gasteiger partial charge in [0.25, 0.3) is 5.69 Å². The number of aryl methyl sites for hydroxylation is 1. The van der Waals surface area contributed by atoms with E-state index in [1.165, 1.54) is 24.6 Å². The van der Waals surface area contributed by atoms with Crippen molar-refractivity contribution >= 4 is 15.7 Å². The second-order valence-electron chi connectivity index (χ2n) is 7.10. The minimum absolute atomic E-state index is 0.0297. The van der Waals surface area contributed by atoms with E-state index in [9.17, 15) is 18.5 Å². The molecule has 156 valence electrons. The van der Waals surface area contributed by atoms with Crippen LogP contribution in [-0.4, -0.2) is 37.9 Å². The molecule has 0 saturated heterocycles. The maximum atomic E-state index is 13.6. The van der Waals surface area contributed by atoms with Crippen LogP contribution in [0.5, 0.6) is 11.5 Å². The number of hydrogen-bond acceptors (Lipinski definition) is 6. The van der Waals surface area contributed by atoms with Crippen LogP contribution in [0, 0.1) is 24.0 Å². The first-order chi connectivity index (χ1) is 13.7. The van der Waals surface area contributed by atoms with Crippen molar-refractivity contribution in [3.8, 4) is 11.5 Å². The third-order valence-corrected chi connectivity index (χ3v) is 7.19. The van der Waals surface area contributed by atoms with E-state index in [0.717, 1.165) is 18.9 Å². The fraction of sp³-hybridized carbons (Fsp3) is 0.400. The Hall–Kier alpha value is -2.65. The lowest BCUT2D eigenvalue weighted by atomic mass is 10.1. The first-order valence-electron chi connectivity index (χ1n) is 9.17. The first-order valence-corrected chi connectivity index (χ1v) is 10.6. The molecule has 0 spiro atoms. The van der Waals surface area contributed by atoms with E-state index in [2.05, 4.69) is 0 Å². The smallest absolute Gasteiger partial charge is 0.271 e. The third-order valence-electron chi connectivity index (χ3n) is 5.17. The predicted octanol–water partition coefficient (Wildman–Crippen LogP) is 3.58. The van der Waals surface area contributed by atoms with Crippen LogP contribution < -0.4 is 9.47 Å². The molecule has 0 aliphatic heterocycles. The molecular formula is C20H24N2O6S. The highest BCUT2D eigenvalue weighted by molar-refractivity contribution is 7.89. The summed E-state index contributed by atoms with van der Waals surface area (Å²) in [4.78, 5) is 10.7. The van der Waals surface area contributed by atoms with Gasteiger partial charge in [0.15, 0.2) is 0 Å². The molecule has 0 amide bonds. The van der Waals surface area contributed by atoms with Crippen molar-refractivity contribution in [2.24, 2.45) is 0 Å². The third kappa shape index (κ3) is 4.20. The monoisotopic (exact) mass is 420 g/mol. The fourth-order valence-corrected chi connectivity index (χ4v) is 5.24. The Kier molecular flexibility index (Phi) is 5.81. The highest BCUT2D eigenvalue weighted by Gasteiger charge is 2.40. The molecule has 0 N–H and O–H groups in total. The standard InChI is InChI=1S/C20H24N2O6S/c1-13-9-17(22(23)24)11-20(14(13)2)29(25,26)21(16-5-6-16)12-15-10-18(27-3)7-8-19(15)28-4/h7-11,16H,5-6,12H2,1-4H3. The summed E-state index contributed by atoms with van der Waals surface area (Å²) in [5.41, 5.74) is 1.51. The zero-order valence-electron chi connectivity index (χ0n) is 16.8. The van der Waals surface area contributed by atoms with E-state index >= 15 is 0 Å². The van der Waals surface area contributed by atoms with Crippen LogP contribution in [0.1, 0.15) is 29.5 Å². The topological polar surface area (TPSA) is 99.0 Å². The number of sulfonamides is 1. The number of nitro groups is 1. The molecule has 9 heteroatoms. The first kappa shape index (κ1) is 21.1. The van der Waals surface area contributed by atoms with Crippen molar-refractivity contribution in [1.82, 2.24) is 4.31 Å². The Labute approximate surface area is 170 Å². The minimum Gasteiger partial charge on any atom is -0.497 e. The molecule has 1 saturated carbocycles. The summed E-state index contributed by atoms with van der Waals surface area (Å²) < 4.78 is 39.2. The molecular weight excluding hydrogens is 396 g/mol. The normalized spacial score (nSPS) is 14.1. The Morgan fingerprint density at radius 3 is 2.38 bits per heavy atom. The number of nitrogens with zero attached hydrogens (tertiary/aromatic N) is 2. The fourth-order valence-electron chi connectivity index (χ4n) is 3.25. The summed E-state index contributed by atoms with van der Waals surface area (Å²) >= 11 is 0. The van der Waals surface area contributed by atoms with E-state index in [4.69, 9.17) is 9.47 Å². The molecule has 0 heterocycles. The molecule has 1 aliphatic carbocycles. The lowest BCUT2D eigenvalue weighted by Gasteiger charge is -2.24. The van der Waals surface area contributed by atoms with E-state index in [0.29, 0.717) is 28.2 Å². The van der Waals surface area contributed by atoms with Gasteiger partial charge in [-0.1, -0.05) is 0 Å². The SMILES string of the molecule is COc1ccc(OC)c(CN(C2CC2)S(=O)(=O)c2cc([N+](=O)[O-])cc(C)c2C)c1. The van der Waals surface area contributed by atoms with Gasteiger partial charge in [0.05, 0.1) is 24.0 Å². The van der Waals surface area contributed by atoms with E-state index in [1.54, 1.807) is 32.0 Å². The van der Waals surface area contributed by atoms with E-state index in [1.807, 2.05) is 0 Å². The second-order valence-corrected chi connectivity index (χ2v) is 8.96. The molecule has 1 fully saturated rings. The molecule has 29 heavy (non-hydrogen) atoms. The van der Waals surface area contributed by atoms with E-state index in [-0.39, 0.29) is 23.2 Å². The van der Waals surface area contributed by atoms with Crippen LogP contribution in [0.3, 0.4) is 0 Å². The second kappa shape index (κ2) is 8.00. The van der Waals surface area contributed by atoms with Gasteiger partial charge in [-0.05, 0) is 56.0 Å². The molecule has 0 atom stereocenters. The number of nitro benzene ring substituents is 1. The molecule has 2 aromatic carbocycles. The van der Waals surface area contributed by atoms with Crippen LogP contribution in [0.4, 0.5) is 5.69 Å². The Bertz CT molecular complexity index is 1050. The number of benzene rings is 2. The zero-order valence-corrected chi connectivity index (χ0v) is 17.7. The quantitative estimate of drug-likeness (QED) is 0.478. The Morgan fingerprint density at radius 1 is 1.14 bits per heavy atom. The maximum Gasteiger partial charge on any atom is 0.271 e. The number of ether oxygens (including phenoxy) is 2. The van der Waals surface area contributed by atoms with Crippen LogP contribution >= 0.6 is 0 Å². The number of rotatable bonds is 8. The van der Waals surface area contributed by atoms with Crippen molar-refractivity contribution in [3.63, 3.8) is 0 Å². The molecule has 0 bridgehead atoms. The van der Waals surface area contributed by atoms with Crippen molar-refractivity contribution in [1.29, 1.82) is 0 Å². The Morgan fingerprint density at radius 2 is 1.83 bits per heavy atom. The maximum absolute atomic E-state index is 13.6. The lowest BCUT2D eigenvalue weighted by molar-refractivity contribution is -0.385. The Balaban J connectivity index is 2.08. The van der Waals surface area contributed by atoms with Gasteiger partial charge in [0, 0.05) is 30.3 Å². The molecule has 3 rings (SSSR count). The van der Waals surface area contributed by atoms with Crippen LogP contribution in [0.25, 0.3) is 0 Å². The molecule has 0 aromatic heterocycles.